The van der Waals surface area contributed by atoms with Gasteiger partial charge in [-0.25, -0.2) is 13.2 Å². The normalized spacial score (nSPS) is 11.4. The van der Waals surface area contributed by atoms with Gasteiger partial charge in [0.1, 0.15) is 4.90 Å². The van der Waals surface area contributed by atoms with Crippen molar-refractivity contribution in [3.8, 4) is 11.5 Å². The van der Waals surface area contributed by atoms with Crippen LogP contribution in [0.15, 0.2) is 41.3 Å². The van der Waals surface area contributed by atoms with Gasteiger partial charge in [-0.3, -0.25) is 4.72 Å². The first-order chi connectivity index (χ1) is 12.7. The number of benzene rings is 2. The molecule has 10 heteroatoms. The van der Waals surface area contributed by atoms with Crippen LogP contribution in [0.4, 0.5) is 5.69 Å². The minimum atomic E-state index is -4.14. The lowest BCUT2D eigenvalue weighted by atomic mass is 10.2. The molecule has 0 saturated heterocycles. The summed E-state index contributed by atoms with van der Waals surface area (Å²) in [4.78, 5) is 10.5. The summed E-state index contributed by atoms with van der Waals surface area (Å²) in [5.41, 5.74) is 0.444. The lowest BCUT2D eigenvalue weighted by Gasteiger charge is -2.15. The molecular formula is C17H15Cl2NO6S. The van der Waals surface area contributed by atoms with Crippen LogP contribution >= 0.6 is 23.2 Å². The molecule has 0 amide bonds. The molecule has 7 nitrogen and oxygen atoms in total. The number of ether oxygens (including phenoxy) is 2. The molecule has 0 fully saturated rings. The molecule has 0 heterocycles. The van der Waals surface area contributed by atoms with Gasteiger partial charge in [0.05, 0.1) is 19.9 Å². The zero-order valence-electron chi connectivity index (χ0n) is 14.2. The standard InChI is InChI=1S/C17H15Cl2NO6S/c1-25-14-5-10(3-4-16(21)22)6-15(17(14)26-2)27(23,24)20-13-8-11(18)7-12(19)9-13/h3-9,20H,1-2H3,(H,21,22)/b4-3+. The smallest absolute Gasteiger partial charge is 0.328 e. The number of carboxylic acids is 1. The summed E-state index contributed by atoms with van der Waals surface area (Å²) < 4.78 is 38.5. The molecule has 0 unspecified atom stereocenters. The summed E-state index contributed by atoms with van der Waals surface area (Å²) in [6.45, 7) is 0. The maximum absolute atomic E-state index is 12.9. The van der Waals surface area contributed by atoms with Crippen LogP contribution in [0.2, 0.25) is 10.0 Å². The molecule has 2 N–H and O–H groups in total. The zero-order valence-corrected chi connectivity index (χ0v) is 16.5. The first kappa shape index (κ1) is 20.9. The topological polar surface area (TPSA) is 102 Å². The summed E-state index contributed by atoms with van der Waals surface area (Å²) in [6, 6.07) is 6.95. The maximum Gasteiger partial charge on any atom is 0.328 e. The van der Waals surface area contributed by atoms with E-state index in [1.54, 1.807) is 0 Å². The predicted octanol–water partition coefficient (Wildman–Crippen LogP) is 3.91. The number of hydrogen-bond acceptors (Lipinski definition) is 5. The summed E-state index contributed by atoms with van der Waals surface area (Å²) >= 11 is 11.8. The Morgan fingerprint density at radius 3 is 2.22 bits per heavy atom. The molecular weight excluding hydrogens is 417 g/mol. The molecule has 144 valence electrons. The Morgan fingerprint density at radius 2 is 1.70 bits per heavy atom. The highest BCUT2D eigenvalue weighted by atomic mass is 35.5. The van der Waals surface area contributed by atoms with Crippen LogP contribution in [0.5, 0.6) is 11.5 Å². The third kappa shape index (κ3) is 5.29. The molecule has 2 aromatic rings. The van der Waals surface area contributed by atoms with Gasteiger partial charge in [0.15, 0.2) is 11.5 Å². The molecule has 0 spiro atoms. The number of rotatable bonds is 7. The second-order valence-corrected chi connectivity index (χ2v) is 7.71. The maximum atomic E-state index is 12.9. The summed E-state index contributed by atoms with van der Waals surface area (Å²) in [5.74, 6) is -1.10. The highest BCUT2D eigenvalue weighted by Gasteiger charge is 2.24. The van der Waals surface area contributed by atoms with E-state index in [-0.39, 0.29) is 32.1 Å². The summed E-state index contributed by atoms with van der Waals surface area (Å²) in [6.07, 6.45) is 2.11. The monoisotopic (exact) mass is 431 g/mol. The van der Waals surface area contributed by atoms with E-state index >= 15 is 0 Å². The Bertz CT molecular complexity index is 984. The van der Waals surface area contributed by atoms with E-state index in [0.717, 1.165) is 6.08 Å². The van der Waals surface area contributed by atoms with Crippen molar-refractivity contribution in [3.05, 3.63) is 52.0 Å². The molecule has 2 aromatic carbocycles. The average molecular weight is 432 g/mol. The van der Waals surface area contributed by atoms with Gasteiger partial charge >= 0.3 is 5.97 Å². The van der Waals surface area contributed by atoms with Crippen molar-refractivity contribution in [2.24, 2.45) is 0 Å². The summed E-state index contributed by atoms with van der Waals surface area (Å²) in [7, 11) is -1.51. The molecule has 0 atom stereocenters. The first-order valence-corrected chi connectivity index (χ1v) is 9.56. The second kappa shape index (κ2) is 8.51. The number of halogens is 2. The van der Waals surface area contributed by atoms with Gasteiger partial charge in [-0.1, -0.05) is 23.2 Å². The van der Waals surface area contributed by atoms with Crippen LogP contribution in [0.3, 0.4) is 0 Å². The third-order valence-electron chi connectivity index (χ3n) is 3.29. The van der Waals surface area contributed by atoms with Crippen molar-refractivity contribution in [2.75, 3.05) is 18.9 Å². The molecule has 2 rings (SSSR count). The van der Waals surface area contributed by atoms with Crippen molar-refractivity contribution in [2.45, 2.75) is 4.90 Å². The van der Waals surface area contributed by atoms with Crippen LogP contribution in [0.25, 0.3) is 6.08 Å². The lowest BCUT2D eigenvalue weighted by Crippen LogP contribution is -2.15. The van der Waals surface area contributed by atoms with E-state index in [0.29, 0.717) is 5.56 Å². The highest BCUT2D eigenvalue weighted by molar-refractivity contribution is 7.92. The van der Waals surface area contributed by atoms with Gasteiger partial charge in [-0.05, 0) is 42.0 Å². The molecule has 27 heavy (non-hydrogen) atoms. The fraction of sp³-hybridized carbons (Fsp3) is 0.118. The molecule has 0 bridgehead atoms. The molecule has 0 radical (unpaired) electrons. The van der Waals surface area contributed by atoms with Gasteiger partial charge in [-0.2, -0.15) is 0 Å². The number of carboxylic acid groups (broad SMARTS) is 1. The molecule has 0 aliphatic carbocycles. The highest BCUT2D eigenvalue weighted by Crippen LogP contribution is 2.37. The fourth-order valence-electron chi connectivity index (χ4n) is 2.24. The van der Waals surface area contributed by atoms with E-state index in [1.165, 1.54) is 50.6 Å². The first-order valence-electron chi connectivity index (χ1n) is 7.32. The van der Waals surface area contributed by atoms with Gasteiger partial charge in [0.25, 0.3) is 10.0 Å². The van der Waals surface area contributed by atoms with E-state index in [4.69, 9.17) is 37.8 Å². The van der Waals surface area contributed by atoms with Crippen LogP contribution < -0.4 is 14.2 Å². The van der Waals surface area contributed by atoms with E-state index in [9.17, 15) is 13.2 Å². The van der Waals surface area contributed by atoms with Crippen molar-refractivity contribution in [1.29, 1.82) is 0 Å². The minimum Gasteiger partial charge on any atom is -0.493 e. The Labute approximate surface area is 166 Å². The Hall–Kier alpha value is -2.42. The van der Waals surface area contributed by atoms with Crippen molar-refractivity contribution in [3.63, 3.8) is 0 Å². The van der Waals surface area contributed by atoms with Gasteiger partial charge < -0.3 is 14.6 Å². The molecule has 0 saturated carbocycles. The van der Waals surface area contributed by atoms with Crippen molar-refractivity contribution >= 4 is 51.0 Å². The minimum absolute atomic E-state index is 0.0365. The molecule has 0 aromatic heterocycles. The molecule has 0 aliphatic rings. The van der Waals surface area contributed by atoms with Gasteiger partial charge in [-0.15, -0.1) is 0 Å². The number of aliphatic carboxylic acids is 1. The van der Waals surface area contributed by atoms with Gasteiger partial charge in [0, 0.05) is 16.1 Å². The van der Waals surface area contributed by atoms with Crippen LogP contribution in [0, 0.1) is 0 Å². The second-order valence-electron chi connectivity index (χ2n) is 5.19. The van der Waals surface area contributed by atoms with Crippen molar-refractivity contribution < 1.29 is 27.8 Å². The lowest BCUT2D eigenvalue weighted by molar-refractivity contribution is -0.131. The van der Waals surface area contributed by atoms with Gasteiger partial charge in [0.2, 0.25) is 0 Å². The number of hydrogen-bond donors (Lipinski definition) is 2. The van der Waals surface area contributed by atoms with E-state index in [1.807, 2.05) is 0 Å². The number of sulfonamides is 1. The average Bonchev–Trinajstić information content (AvgIpc) is 2.57. The van der Waals surface area contributed by atoms with E-state index < -0.39 is 16.0 Å². The van der Waals surface area contributed by atoms with Crippen LogP contribution in [-0.4, -0.2) is 33.7 Å². The quantitative estimate of drug-likeness (QED) is 0.644. The molecule has 0 aliphatic heterocycles. The Morgan fingerprint density at radius 1 is 1.07 bits per heavy atom. The van der Waals surface area contributed by atoms with E-state index in [2.05, 4.69) is 4.72 Å². The number of methoxy groups -OCH3 is 2. The third-order valence-corrected chi connectivity index (χ3v) is 5.11. The number of anilines is 1. The van der Waals surface area contributed by atoms with Crippen LogP contribution in [-0.2, 0) is 14.8 Å². The fourth-order valence-corrected chi connectivity index (χ4v) is 4.02. The SMILES string of the molecule is COc1cc(/C=C/C(=O)O)cc(S(=O)(=O)Nc2cc(Cl)cc(Cl)c2)c1OC. The predicted molar refractivity (Wildman–Crippen MR) is 103 cm³/mol. The van der Waals surface area contributed by atoms with Crippen molar-refractivity contribution in [1.82, 2.24) is 0 Å². The Kier molecular flexibility index (Phi) is 6.59. The Balaban J connectivity index is 2.58. The van der Waals surface area contributed by atoms with Crippen LogP contribution in [0.1, 0.15) is 5.56 Å². The summed E-state index contributed by atoms with van der Waals surface area (Å²) in [5, 5.41) is 9.29. The zero-order chi connectivity index (χ0) is 20.2. The number of nitrogens with one attached hydrogen (secondary N) is 1. The largest absolute Gasteiger partial charge is 0.493 e. The number of carbonyl (C=O) groups is 1.